The van der Waals surface area contributed by atoms with Crippen molar-refractivity contribution in [2.75, 3.05) is 11.5 Å². The van der Waals surface area contributed by atoms with Crippen molar-refractivity contribution >= 4 is 11.4 Å². The van der Waals surface area contributed by atoms with Gasteiger partial charge in [0.15, 0.2) is 0 Å². The molecule has 0 aromatic heterocycles. The summed E-state index contributed by atoms with van der Waals surface area (Å²) in [5.41, 5.74) is 13.7. The molecule has 0 atom stereocenters. The van der Waals surface area contributed by atoms with Gasteiger partial charge in [-0.25, -0.2) is 0 Å². The van der Waals surface area contributed by atoms with Crippen LogP contribution in [0.2, 0.25) is 0 Å². The Hall–Kier alpha value is -2.67. The van der Waals surface area contributed by atoms with Gasteiger partial charge in [0.05, 0.1) is 11.3 Å². The van der Waals surface area contributed by atoms with Crippen LogP contribution in [-0.4, -0.2) is 0 Å². The molecule has 0 heterocycles. The largest absolute Gasteiger partial charge is 0.487 e. The van der Waals surface area contributed by atoms with Crippen LogP contribution in [-0.2, 0) is 6.61 Å². The van der Waals surface area contributed by atoms with Gasteiger partial charge in [0.2, 0.25) is 0 Å². The van der Waals surface area contributed by atoms with Crippen molar-refractivity contribution in [3.8, 4) is 11.8 Å². The third-order valence-electron chi connectivity index (χ3n) is 2.52. The summed E-state index contributed by atoms with van der Waals surface area (Å²) < 4.78 is 5.59. The standard InChI is InChI=1S/C14H13N3O/c15-8-11-6-12(16)7-13(14(11)17)18-9-10-4-2-1-3-5-10/h1-7H,9,16-17H2. The molecule has 0 saturated heterocycles. The molecule has 0 aliphatic carbocycles. The molecule has 2 aromatic carbocycles. The number of nitrogen functional groups attached to an aromatic ring is 2. The highest BCUT2D eigenvalue weighted by atomic mass is 16.5. The number of anilines is 2. The highest BCUT2D eigenvalue weighted by Crippen LogP contribution is 2.28. The number of hydrogen-bond donors (Lipinski definition) is 2. The number of nitrogens with two attached hydrogens (primary N) is 2. The van der Waals surface area contributed by atoms with Crippen molar-refractivity contribution in [1.29, 1.82) is 5.26 Å². The fourth-order valence-electron chi connectivity index (χ4n) is 1.60. The molecule has 0 fully saturated rings. The molecule has 0 bridgehead atoms. The third-order valence-corrected chi connectivity index (χ3v) is 2.52. The topological polar surface area (TPSA) is 85.1 Å². The van der Waals surface area contributed by atoms with E-state index in [1.54, 1.807) is 6.07 Å². The van der Waals surface area contributed by atoms with Crippen molar-refractivity contribution in [1.82, 2.24) is 0 Å². The van der Waals surface area contributed by atoms with Crippen molar-refractivity contribution in [2.24, 2.45) is 0 Å². The van der Waals surface area contributed by atoms with Gasteiger partial charge in [0.1, 0.15) is 18.4 Å². The Morgan fingerprint density at radius 1 is 1.11 bits per heavy atom. The van der Waals surface area contributed by atoms with Crippen LogP contribution in [0.4, 0.5) is 11.4 Å². The monoisotopic (exact) mass is 239 g/mol. The van der Waals surface area contributed by atoms with Crippen molar-refractivity contribution in [2.45, 2.75) is 6.61 Å². The summed E-state index contributed by atoms with van der Waals surface area (Å²) in [5, 5.41) is 8.91. The first-order chi connectivity index (χ1) is 8.70. The van der Waals surface area contributed by atoms with Crippen molar-refractivity contribution in [3.05, 3.63) is 53.6 Å². The number of rotatable bonds is 3. The van der Waals surface area contributed by atoms with Gasteiger partial charge >= 0.3 is 0 Å². The molecule has 0 aliphatic heterocycles. The van der Waals surface area contributed by atoms with Gasteiger partial charge in [-0.2, -0.15) is 5.26 Å². The molecule has 0 unspecified atom stereocenters. The molecule has 2 aromatic rings. The van der Waals surface area contributed by atoms with Gasteiger partial charge in [-0.05, 0) is 11.6 Å². The lowest BCUT2D eigenvalue weighted by atomic mass is 10.1. The average molecular weight is 239 g/mol. The van der Waals surface area contributed by atoms with Crippen LogP contribution in [0.3, 0.4) is 0 Å². The molecule has 0 amide bonds. The summed E-state index contributed by atoms with van der Waals surface area (Å²) in [5.74, 6) is 0.440. The first kappa shape index (κ1) is 11.8. The predicted octanol–water partition coefficient (Wildman–Crippen LogP) is 2.30. The summed E-state index contributed by atoms with van der Waals surface area (Å²) in [6.45, 7) is 0.388. The zero-order chi connectivity index (χ0) is 13.0. The minimum Gasteiger partial charge on any atom is -0.487 e. The molecule has 90 valence electrons. The molecule has 0 aliphatic rings. The first-order valence-electron chi connectivity index (χ1n) is 5.46. The van der Waals surface area contributed by atoms with Gasteiger partial charge in [-0.15, -0.1) is 0 Å². The Morgan fingerprint density at radius 2 is 1.83 bits per heavy atom. The summed E-state index contributed by atoms with van der Waals surface area (Å²) in [6.07, 6.45) is 0. The lowest BCUT2D eigenvalue weighted by Crippen LogP contribution is -2.02. The molecule has 2 rings (SSSR count). The van der Waals surface area contributed by atoms with Gasteiger partial charge in [0.25, 0.3) is 0 Å². The van der Waals surface area contributed by atoms with E-state index in [1.165, 1.54) is 6.07 Å². The smallest absolute Gasteiger partial charge is 0.146 e. The maximum atomic E-state index is 8.91. The summed E-state index contributed by atoms with van der Waals surface area (Å²) >= 11 is 0. The Morgan fingerprint density at radius 3 is 2.50 bits per heavy atom. The van der Waals surface area contributed by atoms with Crippen molar-refractivity contribution < 1.29 is 4.74 Å². The van der Waals surface area contributed by atoms with E-state index in [2.05, 4.69) is 0 Å². The van der Waals surface area contributed by atoms with E-state index in [-0.39, 0.29) is 0 Å². The fourth-order valence-corrected chi connectivity index (χ4v) is 1.60. The van der Waals surface area contributed by atoms with E-state index in [0.29, 0.717) is 29.3 Å². The third kappa shape index (κ3) is 2.53. The van der Waals surface area contributed by atoms with Crippen LogP contribution in [0.15, 0.2) is 42.5 Å². The van der Waals surface area contributed by atoms with E-state index in [9.17, 15) is 0 Å². The summed E-state index contributed by atoms with van der Waals surface area (Å²) in [6, 6.07) is 14.9. The minimum absolute atomic E-state index is 0.322. The second kappa shape index (κ2) is 5.11. The van der Waals surface area contributed by atoms with Gasteiger partial charge in [0, 0.05) is 11.8 Å². The van der Waals surface area contributed by atoms with Crippen molar-refractivity contribution in [3.63, 3.8) is 0 Å². The quantitative estimate of drug-likeness (QED) is 0.805. The number of ether oxygens (including phenoxy) is 1. The molecule has 0 spiro atoms. The van der Waals surface area contributed by atoms with Crippen LogP contribution in [0.1, 0.15) is 11.1 Å². The molecule has 18 heavy (non-hydrogen) atoms. The highest BCUT2D eigenvalue weighted by molar-refractivity contribution is 5.68. The lowest BCUT2D eigenvalue weighted by molar-refractivity contribution is 0.308. The number of hydrogen-bond acceptors (Lipinski definition) is 4. The molecule has 4 nitrogen and oxygen atoms in total. The fraction of sp³-hybridized carbons (Fsp3) is 0.0714. The zero-order valence-electron chi connectivity index (χ0n) is 9.76. The lowest BCUT2D eigenvalue weighted by Gasteiger charge is -2.10. The Balaban J connectivity index is 2.20. The molecular formula is C14H13N3O. The number of benzene rings is 2. The second-order valence-corrected chi connectivity index (χ2v) is 3.87. The second-order valence-electron chi connectivity index (χ2n) is 3.87. The van der Waals surface area contributed by atoms with Gasteiger partial charge in [-0.1, -0.05) is 30.3 Å². The summed E-state index contributed by atoms with van der Waals surface area (Å²) in [4.78, 5) is 0. The maximum absolute atomic E-state index is 8.91. The molecule has 4 heteroatoms. The van der Waals surface area contributed by atoms with Crippen LogP contribution in [0, 0.1) is 11.3 Å². The van der Waals surface area contributed by atoms with Gasteiger partial charge < -0.3 is 16.2 Å². The van der Waals surface area contributed by atoms with Gasteiger partial charge in [-0.3, -0.25) is 0 Å². The Bertz CT molecular complexity index is 588. The predicted molar refractivity (Wildman–Crippen MR) is 70.8 cm³/mol. The highest BCUT2D eigenvalue weighted by Gasteiger charge is 2.08. The molecule has 0 saturated carbocycles. The first-order valence-corrected chi connectivity index (χ1v) is 5.46. The van der Waals surface area contributed by atoms with E-state index >= 15 is 0 Å². The molecular weight excluding hydrogens is 226 g/mol. The number of nitriles is 1. The van der Waals surface area contributed by atoms with Crippen LogP contribution in [0.25, 0.3) is 0 Å². The Labute approximate surface area is 105 Å². The van der Waals surface area contributed by atoms with E-state index in [4.69, 9.17) is 21.5 Å². The van der Waals surface area contributed by atoms with Crippen LogP contribution >= 0.6 is 0 Å². The van der Waals surface area contributed by atoms with E-state index in [0.717, 1.165) is 5.56 Å². The maximum Gasteiger partial charge on any atom is 0.146 e. The minimum atomic E-state index is 0.322. The SMILES string of the molecule is N#Cc1cc(N)cc(OCc2ccccc2)c1N. The molecule has 0 radical (unpaired) electrons. The number of nitrogens with zero attached hydrogens (tertiary/aromatic N) is 1. The summed E-state index contributed by atoms with van der Waals surface area (Å²) in [7, 11) is 0. The van der Waals surface area contributed by atoms with Crippen LogP contribution in [0.5, 0.6) is 5.75 Å². The zero-order valence-corrected chi connectivity index (χ0v) is 9.76. The normalized spacial score (nSPS) is 9.72. The van der Waals surface area contributed by atoms with E-state index in [1.807, 2.05) is 36.4 Å². The van der Waals surface area contributed by atoms with Crippen LogP contribution < -0.4 is 16.2 Å². The average Bonchev–Trinajstić information content (AvgIpc) is 2.40. The molecule has 4 N–H and O–H groups in total. The Kier molecular flexibility index (Phi) is 3.35. The van der Waals surface area contributed by atoms with E-state index < -0.39 is 0 Å².